The molecule has 1 amide bonds. The van der Waals surface area contributed by atoms with Crippen LogP contribution in [0.1, 0.15) is 49.7 Å². The number of carbonyl (C=O) groups is 1. The summed E-state index contributed by atoms with van der Waals surface area (Å²) in [4.78, 5) is 12.3. The van der Waals surface area contributed by atoms with Crippen molar-refractivity contribution in [1.82, 2.24) is 0 Å². The van der Waals surface area contributed by atoms with Gasteiger partial charge in [-0.15, -0.1) is 0 Å². The van der Waals surface area contributed by atoms with Gasteiger partial charge in [0.25, 0.3) is 5.91 Å². The van der Waals surface area contributed by atoms with E-state index in [1.165, 1.54) is 12.1 Å². The third kappa shape index (κ3) is 2.29. The summed E-state index contributed by atoms with van der Waals surface area (Å²) in [6.07, 6.45) is 0.572. The molecule has 3 rings (SSSR count). The molecule has 1 aromatic carbocycles. The van der Waals surface area contributed by atoms with E-state index in [4.69, 9.17) is 0 Å². The van der Waals surface area contributed by atoms with Gasteiger partial charge in [-0.3, -0.25) is 4.79 Å². The van der Waals surface area contributed by atoms with Crippen molar-refractivity contribution in [3.8, 4) is 0 Å². The fourth-order valence-electron chi connectivity index (χ4n) is 3.67. The van der Waals surface area contributed by atoms with Crippen LogP contribution < -0.4 is 5.32 Å². The molecule has 1 aliphatic heterocycles. The third-order valence-electron chi connectivity index (χ3n) is 4.81. The van der Waals surface area contributed by atoms with E-state index >= 15 is 0 Å². The number of anilines is 1. The van der Waals surface area contributed by atoms with Crippen molar-refractivity contribution in [2.75, 3.05) is 5.32 Å². The summed E-state index contributed by atoms with van der Waals surface area (Å²) in [6, 6.07) is 3.61. The summed E-state index contributed by atoms with van der Waals surface area (Å²) >= 11 is 0. The molecule has 1 heterocycles. The summed E-state index contributed by atoms with van der Waals surface area (Å²) in [5.41, 5.74) is -2.96. The molecule has 1 fully saturated rings. The zero-order valence-corrected chi connectivity index (χ0v) is 12.0. The van der Waals surface area contributed by atoms with Gasteiger partial charge in [-0.05, 0) is 18.9 Å². The lowest BCUT2D eigenvalue weighted by molar-refractivity contribution is -0.140. The summed E-state index contributed by atoms with van der Waals surface area (Å²) < 4.78 is 39.3. The summed E-state index contributed by atoms with van der Waals surface area (Å²) in [6.45, 7) is 0. The van der Waals surface area contributed by atoms with Crippen LogP contribution in [0.5, 0.6) is 0 Å². The second-order valence-corrected chi connectivity index (χ2v) is 6.13. The first-order valence-electron chi connectivity index (χ1n) is 7.59. The summed E-state index contributed by atoms with van der Waals surface area (Å²) in [5, 5.41) is 13.2. The normalized spacial score (nSPS) is 26.5. The van der Waals surface area contributed by atoms with Crippen molar-refractivity contribution >= 4 is 11.6 Å². The predicted octanol–water partition coefficient (Wildman–Crippen LogP) is 3.82. The Bertz CT molecular complexity index is 592. The van der Waals surface area contributed by atoms with Gasteiger partial charge in [0.2, 0.25) is 0 Å². The second kappa shape index (κ2) is 5.26. The van der Waals surface area contributed by atoms with Crippen LogP contribution in [-0.2, 0) is 16.6 Å². The first kappa shape index (κ1) is 15.3. The molecule has 2 N–H and O–H groups in total. The molecule has 1 aliphatic carbocycles. The zero-order valence-electron chi connectivity index (χ0n) is 12.0. The van der Waals surface area contributed by atoms with Gasteiger partial charge < -0.3 is 10.4 Å². The molecule has 0 saturated heterocycles. The largest absolute Gasteiger partial charge is 0.418 e. The van der Waals surface area contributed by atoms with Crippen molar-refractivity contribution in [1.29, 1.82) is 0 Å². The Kier molecular flexibility index (Phi) is 3.67. The van der Waals surface area contributed by atoms with Gasteiger partial charge >= 0.3 is 6.18 Å². The SMILES string of the molecule is O=C1Nc2c(C(F)(F)F)cccc2C1(O)C1CCCCCC1. The van der Waals surface area contributed by atoms with Crippen LogP contribution >= 0.6 is 0 Å². The Labute approximate surface area is 126 Å². The molecule has 0 bridgehead atoms. The van der Waals surface area contributed by atoms with Crippen LogP contribution in [0, 0.1) is 5.92 Å². The van der Waals surface area contributed by atoms with Crippen molar-refractivity contribution in [3.63, 3.8) is 0 Å². The minimum atomic E-state index is -4.56. The van der Waals surface area contributed by atoms with Crippen molar-refractivity contribution in [2.45, 2.75) is 50.3 Å². The first-order chi connectivity index (χ1) is 10.3. The number of rotatable bonds is 1. The van der Waals surface area contributed by atoms with E-state index in [-0.39, 0.29) is 17.2 Å². The molecule has 2 aliphatic rings. The van der Waals surface area contributed by atoms with Crippen molar-refractivity contribution < 1.29 is 23.1 Å². The Morgan fingerprint density at radius 1 is 1.14 bits per heavy atom. The van der Waals surface area contributed by atoms with E-state index in [2.05, 4.69) is 5.32 Å². The number of fused-ring (bicyclic) bond motifs is 1. The Hall–Kier alpha value is -1.56. The molecule has 3 nitrogen and oxygen atoms in total. The van der Waals surface area contributed by atoms with E-state index in [9.17, 15) is 23.1 Å². The molecule has 1 aromatic rings. The minimum absolute atomic E-state index is 0.0687. The number of alkyl halides is 3. The lowest BCUT2D eigenvalue weighted by Crippen LogP contribution is -2.41. The molecule has 6 heteroatoms. The molecule has 1 atom stereocenters. The van der Waals surface area contributed by atoms with Gasteiger partial charge in [0, 0.05) is 11.5 Å². The summed E-state index contributed by atoms with van der Waals surface area (Å²) in [5.74, 6) is -1.06. The highest BCUT2D eigenvalue weighted by Crippen LogP contribution is 2.49. The fourth-order valence-corrected chi connectivity index (χ4v) is 3.67. The second-order valence-electron chi connectivity index (χ2n) is 6.13. The molecular weight excluding hydrogens is 295 g/mol. The quantitative estimate of drug-likeness (QED) is 0.775. The Morgan fingerprint density at radius 3 is 2.36 bits per heavy atom. The molecule has 120 valence electrons. The lowest BCUT2D eigenvalue weighted by Gasteiger charge is -2.30. The average molecular weight is 313 g/mol. The van der Waals surface area contributed by atoms with Crippen LogP contribution in [0.2, 0.25) is 0 Å². The van der Waals surface area contributed by atoms with Crippen LogP contribution in [-0.4, -0.2) is 11.0 Å². The maximum atomic E-state index is 13.1. The number of hydrogen-bond acceptors (Lipinski definition) is 2. The number of carbonyl (C=O) groups excluding carboxylic acids is 1. The van der Waals surface area contributed by atoms with Crippen LogP contribution in [0.4, 0.5) is 18.9 Å². The van der Waals surface area contributed by atoms with Gasteiger partial charge in [0.1, 0.15) is 0 Å². The molecule has 0 radical (unpaired) electrons. The maximum absolute atomic E-state index is 13.1. The van der Waals surface area contributed by atoms with E-state index < -0.39 is 23.2 Å². The first-order valence-corrected chi connectivity index (χ1v) is 7.59. The van der Waals surface area contributed by atoms with Crippen LogP contribution in [0.3, 0.4) is 0 Å². The van der Waals surface area contributed by atoms with Crippen molar-refractivity contribution in [2.24, 2.45) is 5.92 Å². The molecular formula is C16H18F3NO2. The van der Waals surface area contributed by atoms with E-state index in [1.54, 1.807) is 0 Å². The number of amides is 1. The summed E-state index contributed by atoms with van der Waals surface area (Å²) in [7, 11) is 0. The Morgan fingerprint density at radius 2 is 1.77 bits per heavy atom. The smallest absolute Gasteiger partial charge is 0.375 e. The highest BCUT2D eigenvalue weighted by atomic mass is 19.4. The van der Waals surface area contributed by atoms with E-state index in [1.807, 2.05) is 0 Å². The van der Waals surface area contributed by atoms with Gasteiger partial charge in [0.15, 0.2) is 5.60 Å². The number of benzene rings is 1. The standard InChI is InChI=1S/C16H18F3NO2/c17-16(18,19)12-9-5-8-11-13(12)20-14(21)15(11,22)10-6-3-1-2-4-7-10/h5,8-10,22H,1-4,6-7H2,(H,20,21). The number of halogens is 3. The van der Waals surface area contributed by atoms with Crippen LogP contribution in [0.25, 0.3) is 0 Å². The fraction of sp³-hybridized carbons (Fsp3) is 0.562. The maximum Gasteiger partial charge on any atom is 0.418 e. The number of aliphatic hydroxyl groups is 1. The number of nitrogens with one attached hydrogen (secondary N) is 1. The van der Waals surface area contributed by atoms with Crippen LogP contribution in [0.15, 0.2) is 18.2 Å². The average Bonchev–Trinajstić information content (AvgIpc) is 2.65. The molecule has 1 saturated carbocycles. The monoisotopic (exact) mass is 313 g/mol. The molecule has 22 heavy (non-hydrogen) atoms. The Balaban J connectivity index is 2.07. The lowest BCUT2D eigenvalue weighted by atomic mass is 9.77. The topological polar surface area (TPSA) is 49.3 Å². The number of para-hydroxylation sites is 1. The molecule has 0 spiro atoms. The highest BCUT2D eigenvalue weighted by molar-refractivity contribution is 6.06. The van der Waals surface area contributed by atoms with E-state index in [0.29, 0.717) is 12.8 Å². The number of hydrogen-bond donors (Lipinski definition) is 2. The van der Waals surface area contributed by atoms with Gasteiger partial charge in [0.05, 0.1) is 11.3 Å². The predicted molar refractivity (Wildman–Crippen MR) is 75.2 cm³/mol. The molecule has 1 unspecified atom stereocenters. The third-order valence-corrected chi connectivity index (χ3v) is 4.81. The minimum Gasteiger partial charge on any atom is -0.375 e. The van der Waals surface area contributed by atoms with Gasteiger partial charge in [-0.2, -0.15) is 13.2 Å². The highest BCUT2D eigenvalue weighted by Gasteiger charge is 2.53. The molecule has 0 aromatic heterocycles. The van der Waals surface area contributed by atoms with Crippen molar-refractivity contribution in [3.05, 3.63) is 29.3 Å². The van der Waals surface area contributed by atoms with Gasteiger partial charge in [-0.25, -0.2) is 0 Å². The zero-order chi connectivity index (χ0) is 16.0. The van der Waals surface area contributed by atoms with E-state index in [0.717, 1.165) is 31.7 Å². The van der Waals surface area contributed by atoms with Gasteiger partial charge in [-0.1, -0.05) is 37.8 Å².